The van der Waals surface area contributed by atoms with Crippen LogP contribution in [0, 0.1) is 5.92 Å². The van der Waals surface area contributed by atoms with E-state index in [0.29, 0.717) is 6.54 Å². The Morgan fingerprint density at radius 1 is 0.756 bits per heavy atom. The van der Waals surface area contributed by atoms with Gasteiger partial charge in [0, 0.05) is 30.3 Å². The maximum absolute atomic E-state index is 12.0. The summed E-state index contributed by atoms with van der Waals surface area (Å²) in [5.41, 5.74) is 3.66. The molecular formula is C38H61N3O4. The molecule has 2 aromatic rings. The molecule has 1 aliphatic heterocycles. The number of nitrogens with one attached hydrogen (secondary N) is 2. The average Bonchev–Trinajstić information content (AvgIpc) is 3.05. The second-order valence-corrected chi connectivity index (χ2v) is 12.8. The number of ether oxygens (including phenoxy) is 2. The summed E-state index contributed by atoms with van der Waals surface area (Å²) in [5, 5.41) is 15.2. The molecular weight excluding hydrogens is 562 g/mol. The highest BCUT2D eigenvalue weighted by Crippen LogP contribution is 2.42. The van der Waals surface area contributed by atoms with Gasteiger partial charge in [-0.15, -0.1) is 0 Å². The largest absolute Gasteiger partial charge is 0.392 e. The Kier molecular flexibility index (Phi) is 17.6. The molecule has 0 aromatic heterocycles. The normalized spacial score (nSPS) is 20.0. The Morgan fingerprint density at radius 2 is 1.31 bits per heavy atom. The summed E-state index contributed by atoms with van der Waals surface area (Å²) >= 11 is 0. The third-order valence-electron chi connectivity index (χ3n) is 9.00. The van der Waals surface area contributed by atoms with Gasteiger partial charge in [0.25, 0.3) is 0 Å². The monoisotopic (exact) mass is 623 g/mol. The van der Waals surface area contributed by atoms with E-state index in [2.05, 4.69) is 48.4 Å². The summed E-state index contributed by atoms with van der Waals surface area (Å²) in [6.07, 6.45) is 14.9. The summed E-state index contributed by atoms with van der Waals surface area (Å²) in [6, 6.07) is 15.7. The Bertz CT molecular complexity index is 1050. The van der Waals surface area contributed by atoms with Crippen LogP contribution in [0.2, 0.25) is 0 Å². The van der Waals surface area contributed by atoms with Crippen LogP contribution in [-0.4, -0.2) is 48.3 Å². The van der Waals surface area contributed by atoms with Crippen molar-refractivity contribution in [1.82, 2.24) is 10.2 Å². The number of carbonyl (C=O) groups excluding carboxylic acids is 1. The third-order valence-corrected chi connectivity index (χ3v) is 9.00. The zero-order valence-corrected chi connectivity index (χ0v) is 28.6. The van der Waals surface area contributed by atoms with Gasteiger partial charge in [0.05, 0.1) is 18.8 Å². The zero-order valence-electron chi connectivity index (χ0n) is 28.6. The van der Waals surface area contributed by atoms with E-state index in [9.17, 15) is 9.90 Å². The molecule has 1 saturated heterocycles. The van der Waals surface area contributed by atoms with Crippen molar-refractivity contribution in [2.24, 2.45) is 5.92 Å². The van der Waals surface area contributed by atoms with Crippen LogP contribution in [0.1, 0.15) is 134 Å². The maximum atomic E-state index is 12.0. The van der Waals surface area contributed by atoms with E-state index < -0.39 is 6.29 Å². The van der Waals surface area contributed by atoms with E-state index in [1.807, 2.05) is 43.3 Å². The van der Waals surface area contributed by atoms with Gasteiger partial charge >= 0.3 is 6.03 Å². The molecule has 0 spiro atoms. The topological polar surface area (TPSA) is 83.1 Å². The van der Waals surface area contributed by atoms with Crippen LogP contribution in [0.15, 0.2) is 48.5 Å². The van der Waals surface area contributed by atoms with Crippen molar-refractivity contribution in [3.63, 3.8) is 0 Å². The Balaban J connectivity index is 1.76. The van der Waals surface area contributed by atoms with Gasteiger partial charge in [-0.2, -0.15) is 0 Å². The average molecular weight is 624 g/mol. The zero-order chi connectivity index (χ0) is 32.3. The van der Waals surface area contributed by atoms with Crippen LogP contribution < -0.4 is 10.6 Å². The Hall–Kier alpha value is -2.45. The Labute approximate surface area is 273 Å². The van der Waals surface area contributed by atoms with E-state index in [-0.39, 0.29) is 30.8 Å². The fourth-order valence-corrected chi connectivity index (χ4v) is 6.17. The van der Waals surface area contributed by atoms with Gasteiger partial charge in [-0.25, -0.2) is 4.79 Å². The van der Waals surface area contributed by atoms with Crippen molar-refractivity contribution in [3.05, 3.63) is 65.2 Å². The number of aliphatic hydroxyl groups excluding tert-OH is 1. The lowest BCUT2D eigenvalue weighted by atomic mass is 9.90. The molecule has 1 heterocycles. The number of amides is 2. The molecule has 4 atom stereocenters. The van der Waals surface area contributed by atoms with Gasteiger partial charge in [-0.3, -0.25) is 0 Å². The van der Waals surface area contributed by atoms with Gasteiger partial charge in [-0.1, -0.05) is 121 Å². The second-order valence-electron chi connectivity index (χ2n) is 12.8. The highest BCUT2D eigenvalue weighted by atomic mass is 16.7. The number of unbranched alkanes of at least 4 members (excludes halogenated alkanes) is 10. The predicted octanol–water partition coefficient (Wildman–Crippen LogP) is 9.13. The fraction of sp³-hybridized carbons (Fsp3) is 0.658. The van der Waals surface area contributed by atoms with Gasteiger partial charge in [0.1, 0.15) is 0 Å². The lowest BCUT2D eigenvalue weighted by molar-refractivity contribution is -0.276. The van der Waals surface area contributed by atoms with Crippen LogP contribution >= 0.6 is 0 Å². The highest BCUT2D eigenvalue weighted by molar-refractivity contribution is 5.89. The molecule has 2 aromatic carbocycles. The summed E-state index contributed by atoms with van der Waals surface area (Å²) in [5.74, 6) is 0.150. The van der Waals surface area contributed by atoms with Crippen LogP contribution in [0.25, 0.3) is 0 Å². The summed E-state index contributed by atoms with van der Waals surface area (Å²) in [6.45, 7) is 12.4. The molecule has 3 rings (SSSR count). The molecule has 3 N–H and O–H groups in total. The minimum absolute atomic E-state index is 0.000385. The van der Waals surface area contributed by atoms with Crippen molar-refractivity contribution in [2.45, 2.75) is 130 Å². The quantitative estimate of drug-likeness (QED) is 0.121. The molecule has 45 heavy (non-hydrogen) atoms. The molecule has 2 amide bonds. The SMILES string of the molecule is CCCCCCCCN(CCCCCCCC)CC1OC(c2ccc(NC(=O)NCC)cc2)OC(c2ccc(CO)cc2)C1C. The van der Waals surface area contributed by atoms with Gasteiger partial charge in [0.2, 0.25) is 0 Å². The molecule has 1 aliphatic rings. The number of benzene rings is 2. The van der Waals surface area contributed by atoms with Gasteiger partial charge in [-0.05, 0) is 56.1 Å². The number of aliphatic hydroxyl groups is 1. The van der Waals surface area contributed by atoms with E-state index in [4.69, 9.17) is 9.47 Å². The van der Waals surface area contributed by atoms with Crippen LogP contribution in [-0.2, 0) is 16.1 Å². The molecule has 0 radical (unpaired) electrons. The second kappa shape index (κ2) is 21.4. The number of carbonyl (C=O) groups is 1. The first-order valence-electron chi connectivity index (χ1n) is 17.9. The molecule has 7 nitrogen and oxygen atoms in total. The smallest absolute Gasteiger partial charge is 0.319 e. The van der Waals surface area contributed by atoms with Crippen LogP contribution in [0.4, 0.5) is 10.5 Å². The Morgan fingerprint density at radius 3 is 1.87 bits per heavy atom. The molecule has 7 heteroatoms. The third kappa shape index (κ3) is 13.1. The van der Waals surface area contributed by atoms with Crippen molar-refractivity contribution >= 4 is 11.7 Å². The molecule has 4 unspecified atom stereocenters. The lowest BCUT2D eigenvalue weighted by Crippen LogP contribution is -2.45. The molecule has 252 valence electrons. The van der Waals surface area contributed by atoms with E-state index in [1.54, 1.807) is 0 Å². The fourth-order valence-electron chi connectivity index (χ4n) is 6.17. The molecule has 0 bridgehead atoms. The first kappa shape index (κ1) is 37.0. The summed E-state index contributed by atoms with van der Waals surface area (Å²) in [4.78, 5) is 14.7. The van der Waals surface area contributed by atoms with Crippen LogP contribution in [0.3, 0.4) is 0 Å². The molecule has 0 saturated carbocycles. The number of urea groups is 1. The standard InChI is InChI=1S/C38H61N3O4/c1-5-8-10-12-14-16-26-41(27-17-15-13-11-9-6-2)28-35-30(4)36(32-20-18-31(29-42)19-21-32)45-37(44-35)33-22-24-34(25-23-33)40-38(43)39-7-3/h18-25,30,35-37,42H,5-17,26-29H2,1-4H3,(H2,39,40,43). The summed E-state index contributed by atoms with van der Waals surface area (Å²) < 4.78 is 13.5. The van der Waals surface area contributed by atoms with Crippen molar-refractivity contribution in [3.8, 4) is 0 Å². The van der Waals surface area contributed by atoms with Crippen molar-refractivity contribution in [1.29, 1.82) is 0 Å². The first-order valence-corrected chi connectivity index (χ1v) is 17.9. The molecule has 0 aliphatic carbocycles. The van der Waals surface area contributed by atoms with E-state index in [0.717, 1.165) is 42.0 Å². The number of hydrogen-bond acceptors (Lipinski definition) is 5. The highest BCUT2D eigenvalue weighted by Gasteiger charge is 2.39. The van der Waals surface area contributed by atoms with E-state index >= 15 is 0 Å². The minimum atomic E-state index is -0.517. The van der Waals surface area contributed by atoms with Crippen molar-refractivity contribution in [2.75, 3.05) is 31.5 Å². The lowest BCUT2D eigenvalue weighted by Gasteiger charge is -2.43. The minimum Gasteiger partial charge on any atom is -0.392 e. The van der Waals surface area contributed by atoms with Crippen molar-refractivity contribution < 1.29 is 19.4 Å². The number of nitrogens with zero attached hydrogens (tertiary/aromatic N) is 1. The number of hydrogen-bond donors (Lipinski definition) is 3. The van der Waals surface area contributed by atoms with Crippen LogP contribution in [0.5, 0.6) is 0 Å². The van der Waals surface area contributed by atoms with E-state index in [1.165, 1.54) is 77.0 Å². The van der Waals surface area contributed by atoms with Gasteiger partial charge in [0.15, 0.2) is 6.29 Å². The predicted molar refractivity (Wildman–Crippen MR) is 185 cm³/mol. The summed E-state index contributed by atoms with van der Waals surface area (Å²) in [7, 11) is 0. The molecule has 1 fully saturated rings. The first-order chi connectivity index (χ1) is 22.0. The van der Waals surface area contributed by atoms with Gasteiger partial charge < -0.3 is 30.1 Å². The maximum Gasteiger partial charge on any atom is 0.319 e. The number of anilines is 1. The number of rotatable bonds is 21.